The molecular weight excluding hydrogens is 240 g/mol. The summed E-state index contributed by atoms with van der Waals surface area (Å²) in [6.07, 6.45) is 0.867. The van der Waals surface area contributed by atoms with Gasteiger partial charge in [0, 0.05) is 6.42 Å². The molecule has 0 amide bonds. The van der Waals surface area contributed by atoms with Gasteiger partial charge in [0.15, 0.2) is 0 Å². The van der Waals surface area contributed by atoms with Crippen molar-refractivity contribution in [2.24, 2.45) is 0 Å². The fraction of sp³-hybridized carbons (Fsp3) is 0.333. The Kier molecular flexibility index (Phi) is 3.76. The molecule has 0 atom stereocenters. The van der Waals surface area contributed by atoms with Crippen molar-refractivity contribution >= 4 is 15.9 Å². The minimum atomic E-state index is 0.867. The Morgan fingerprint density at radius 3 is 2.21 bits per heavy atom. The van der Waals surface area contributed by atoms with Crippen LogP contribution in [0.15, 0.2) is 23.2 Å². The van der Waals surface area contributed by atoms with E-state index in [1.165, 1.54) is 16.7 Å². The van der Waals surface area contributed by atoms with Gasteiger partial charge in [-0.05, 0) is 35.0 Å². The Bertz CT molecular complexity index is 332. The highest BCUT2D eigenvalue weighted by molar-refractivity contribution is 9.11. The van der Waals surface area contributed by atoms with Gasteiger partial charge in [0.05, 0.1) is 7.11 Å². The number of benzene rings is 1. The number of ether oxygens (including phenoxy) is 1. The molecule has 0 aliphatic rings. The lowest BCUT2D eigenvalue weighted by atomic mass is 10.0. The van der Waals surface area contributed by atoms with Crippen LogP contribution in [0.4, 0.5) is 0 Å². The second-order valence-electron chi connectivity index (χ2n) is 3.46. The van der Waals surface area contributed by atoms with Crippen molar-refractivity contribution in [2.45, 2.75) is 20.3 Å². The van der Waals surface area contributed by atoms with Crippen LogP contribution < -0.4 is 4.74 Å². The van der Waals surface area contributed by atoms with E-state index in [4.69, 9.17) is 4.74 Å². The van der Waals surface area contributed by atoms with Crippen molar-refractivity contribution in [3.63, 3.8) is 0 Å². The number of methoxy groups -OCH3 is 1. The molecule has 1 aromatic carbocycles. The maximum atomic E-state index is 5.30. The zero-order valence-corrected chi connectivity index (χ0v) is 10.4. The first-order valence-electron chi connectivity index (χ1n) is 4.52. The molecule has 0 saturated carbocycles. The van der Waals surface area contributed by atoms with Crippen LogP contribution in [-0.4, -0.2) is 7.11 Å². The van der Waals surface area contributed by atoms with Crippen LogP contribution in [0, 0.1) is 13.8 Å². The summed E-state index contributed by atoms with van der Waals surface area (Å²) in [6, 6.07) is 4.27. The van der Waals surface area contributed by atoms with Crippen molar-refractivity contribution in [2.75, 3.05) is 7.11 Å². The number of aryl methyl sites for hydroxylation is 2. The summed E-state index contributed by atoms with van der Waals surface area (Å²) in [5.41, 5.74) is 3.62. The van der Waals surface area contributed by atoms with Crippen LogP contribution >= 0.6 is 15.9 Å². The highest BCUT2D eigenvalue weighted by Crippen LogP contribution is 2.25. The first-order chi connectivity index (χ1) is 6.54. The van der Waals surface area contributed by atoms with Crippen LogP contribution in [0.3, 0.4) is 0 Å². The smallest absolute Gasteiger partial charge is 0.124 e. The van der Waals surface area contributed by atoms with Gasteiger partial charge in [-0.25, -0.2) is 0 Å². The molecule has 76 valence electrons. The topological polar surface area (TPSA) is 9.23 Å². The second kappa shape index (κ2) is 4.65. The molecule has 0 N–H and O–H groups in total. The van der Waals surface area contributed by atoms with Gasteiger partial charge in [-0.1, -0.05) is 34.6 Å². The molecular formula is C12H15BrO. The molecule has 1 aromatic rings. The summed E-state index contributed by atoms with van der Waals surface area (Å²) in [4.78, 5) is 0. The van der Waals surface area contributed by atoms with E-state index in [9.17, 15) is 0 Å². The van der Waals surface area contributed by atoms with Crippen molar-refractivity contribution < 1.29 is 4.74 Å². The monoisotopic (exact) mass is 254 g/mol. The summed E-state index contributed by atoms with van der Waals surface area (Å²) in [6.45, 7) is 7.96. The number of hydrogen-bond donors (Lipinski definition) is 0. The minimum Gasteiger partial charge on any atom is -0.496 e. The SMILES string of the molecule is C=C(Br)Cc1cc(C)c(OC)c(C)c1. The third kappa shape index (κ3) is 2.61. The van der Waals surface area contributed by atoms with Gasteiger partial charge in [0.2, 0.25) is 0 Å². The van der Waals surface area contributed by atoms with Gasteiger partial charge in [0.1, 0.15) is 5.75 Å². The van der Waals surface area contributed by atoms with Crippen LogP contribution in [0.5, 0.6) is 5.75 Å². The van der Waals surface area contributed by atoms with E-state index in [1.54, 1.807) is 7.11 Å². The summed E-state index contributed by atoms with van der Waals surface area (Å²) < 4.78 is 6.30. The highest BCUT2D eigenvalue weighted by atomic mass is 79.9. The molecule has 0 heterocycles. The largest absolute Gasteiger partial charge is 0.496 e. The van der Waals surface area contributed by atoms with E-state index in [1.807, 2.05) is 0 Å². The van der Waals surface area contributed by atoms with Crippen LogP contribution in [0.25, 0.3) is 0 Å². The van der Waals surface area contributed by atoms with Crippen molar-refractivity contribution in [3.05, 3.63) is 39.9 Å². The fourth-order valence-electron chi connectivity index (χ4n) is 1.69. The second-order valence-corrected chi connectivity index (χ2v) is 4.58. The van der Waals surface area contributed by atoms with Crippen LogP contribution in [0.1, 0.15) is 16.7 Å². The summed E-state index contributed by atoms with van der Waals surface area (Å²) in [5.74, 6) is 0.980. The van der Waals surface area contributed by atoms with Gasteiger partial charge < -0.3 is 4.74 Å². The van der Waals surface area contributed by atoms with E-state index >= 15 is 0 Å². The molecule has 0 spiro atoms. The van der Waals surface area contributed by atoms with Gasteiger partial charge in [-0.3, -0.25) is 0 Å². The number of hydrogen-bond acceptors (Lipinski definition) is 1. The predicted octanol–water partition coefficient (Wildman–Crippen LogP) is 3.76. The quantitative estimate of drug-likeness (QED) is 0.799. The lowest BCUT2D eigenvalue weighted by molar-refractivity contribution is 0.408. The minimum absolute atomic E-state index is 0.867. The molecule has 2 heteroatoms. The Hall–Kier alpha value is -0.760. The third-order valence-corrected chi connectivity index (χ3v) is 2.40. The molecule has 1 nitrogen and oxygen atoms in total. The third-order valence-electron chi connectivity index (χ3n) is 2.12. The molecule has 0 saturated heterocycles. The standard InChI is InChI=1S/C12H15BrO/c1-8-5-11(7-10(3)13)6-9(2)12(8)14-4/h5-6H,3,7H2,1-2,4H3. The zero-order valence-electron chi connectivity index (χ0n) is 8.86. The lowest BCUT2D eigenvalue weighted by Gasteiger charge is -2.10. The summed E-state index contributed by atoms with van der Waals surface area (Å²) in [5, 5.41) is 0. The molecule has 1 rings (SSSR count). The average molecular weight is 255 g/mol. The number of allylic oxidation sites excluding steroid dienone is 1. The van der Waals surface area contributed by atoms with Gasteiger partial charge in [0.25, 0.3) is 0 Å². The van der Waals surface area contributed by atoms with Crippen molar-refractivity contribution in [1.29, 1.82) is 0 Å². The molecule has 0 unspecified atom stereocenters. The van der Waals surface area contributed by atoms with Crippen LogP contribution in [0.2, 0.25) is 0 Å². The molecule has 0 bridgehead atoms. The van der Waals surface area contributed by atoms with Gasteiger partial charge in [-0.15, -0.1) is 0 Å². The van der Waals surface area contributed by atoms with Crippen LogP contribution in [-0.2, 0) is 6.42 Å². The first-order valence-corrected chi connectivity index (χ1v) is 5.31. The van der Waals surface area contributed by atoms with E-state index in [0.717, 1.165) is 16.7 Å². The Balaban J connectivity index is 3.07. The lowest BCUT2D eigenvalue weighted by Crippen LogP contribution is -1.94. The maximum absolute atomic E-state index is 5.30. The average Bonchev–Trinajstić information content (AvgIpc) is 2.01. The highest BCUT2D eigenvalue weighted by Gasteiger charge is 2.05. The number of rotatable bonds is 3. The van der Waals surface area contributed by atoms with Gasteiger partial charge >= 0.3 is 0 Å². The molecule has 0 fully saturated rings. The van der Waals surface area contributed by atoms with E-state index in [0.29, 0.717) is 0 Å². The van der Waals surface area contributed by atoms with E-state index in [-0.39, 0.29) is 0 Å². The van der Waals surface area contributed by atoms with Gasteiger partial charge in [-0.2, -0.15) is 0 Å². The normalized spacial score (nSPS) is 10.0. The summed E-state index contributed by atoms with van der Waals surface area (Å²) in [7, 11) is 1.71. The molecule has 14 heavy (non-hydrogen) atoms. The Morgan fingerprint density at radius 2 is 1.86 bits per heavy atom. The van der Waals surface area contributed by atoms with Crippen molar-refractivity contribution in [3.8, 4) is 5.75 Å². The molecule has 0 radical (unpaired) electrons. The van der Waals surface area contributed by atoms with E-state index < -0.39 is 0 Å². The summed E-state index contributed by atoms with van der Waals surface area (Å²) >= 11 is 3.37. The first kappa shape index (κ1) is 11.3. The zero-order chi connectivity index (χ0) is 10.7. The maximum Gasteiger partial charge on any atom is 0.124 e. The Morgan fingerprint density at radius 1 is 1.36 bits per heavy atom. The van der Waals surface area contributed by atoms with E-state index in [2.05, 4.69) is 48.5 Å². The Labute approximate surface area is 93.9 Å². The fourth-order valence-corrected chi connectivity index (χ4v) is 2.01. The van der Waals surface area contributed by atoms with Crippen molar-refractivity contribution in [1.82, 2.24) is 0 Å². The predicted molar refractivity (Wildman–Crippen MR) is 64.2 cm³/mol. The number of halogens is 1. The molecule has 0 aliphatic carbocycles. The molecule has 0 aliphatic heterocycles. The molecule has 0 aromatic heterocycles.